The smallest absolute Gasteiger partial charge is 0.323 e. The van der Waals surface area contributed by atoms with Crippen LogP contribution in [0.3, 0.4) is 0 Å². The van der Waals surface area contributed by atoms with Gasteiger partial charge < -0.3 is 9.84 Å². The van der Waals surface area contributed by atoms with Gasteiger partial charge in [-0.05, 0) is 30.5 Å². The summed E-state index contributed by atoms with van der Waals surface area (Å²) in [5, 5.41) is 11.6. The maximum absolute atomic E-state index is 13.1. The molecule has 2 aromatic heterocycles. The van der Waals surface area contributed by atoms with Gasteiger partial charge >= 0.3 is 5.97 Å². The molecule has 136 valence electrons. The van der Waals surface area contributed by atoms with E-state index >= 15 is 0 Å². The zero-order valence-corrected chi connectivity index (χ0v) is 15.7. The monoisotopic (exact) mass is 372 g/mol. The minimum absolute atomic E-state index is 0.321. The minimum Gasteiger partial charge on any atom is -0.480 e. The average molecular weight is 372 g/mol. The molecule has 0 aliphatic rings. The fraction of sp³-hybridized carbons (Fsp3) is 0.316. The largest absolute Gasteiger partial charge is 0.480 e. The van der Waals surface area contributed by atoms with Crippen LogP contribution in [0.2, 0.25) is 0 Å². The first-order valence-electron chi connectivity index (χ1n) is 8.21. The number of thiophene rings is 1. The van der Waals surface area contributed by atoms with Gasteiger partial charge in [-0.3, -0.25) is 14.2 Å². The molecule has 0 aliphatic heterocycles. The maximum atomic E-state index is 13.1. The van der Waals surface area contributed by atoms with Crippen molar-refractivity contribution in [2.24, 2.45) is 0 Å². The van der Waals surface area contributed by atoms with Crippen molar-refractivity contribution < 1.29 is 14.6 Å². The van der Waals surface area contributed by atoms with Gasteiger partial charge in [0.25, 0.3) is 5.56 Å². The van der Waals surface area contributed by atoms with Crippen molar-refractivity contribution in [2.45, 2.75) is 26.8 Å². The van der Waals surface area contributed by atoms with Crippen LogP contribution in [0, 0.1) is 13.8 Å². The van der Waals surface area contributed by atoms with Crippen LogP contribution < -0.4 is 5.56 Å². The van der Waals surface area contributed by atoms with Gasteiger partial charge in [-0.2, -0.15) is 0 Å². The first-order valence-corrected chi connectivity index (χ1v) is 9.09. The quantitative estimate of drug-likeness (QED) is 0.719. The zero-order chi connectivity index (χ0) is 18.8. The number of aryl methyl sites for hydroxylation is 2. The molecule has 0 saturated heterocycles. The van der Waals surface area contributed by atoms with E-state index in [4.69, 9.17) is 4.74 Å². The molecule has 0 spiro atoms. The Hall–Kier alpha value is -2.51. The molecule has 0 saturated carbocycles. The molecule has 0 atom stereocenters. The second kappa shape index (κ2) is 7.39. The fourth-order valence-electron chi connectivity index (χ4n) is 2.87. The van der Waals surface area contributed by atoms with Gasteiger partial charge in [-0.25, -0.2) is 4.98 Å². The molecule has 1 N–H and O–H groups in total. The Morgan fingerprint density at radius 1 is 1.31 bits per heavy atom. The van der Waals surface area contributed by atoms with Gasteiger partial charge in [-0.15, -0.1) is 11.3 Å². The van der Waals surface area contributed by atoms with E-state index in [9.17, 15) is 14.7 Å². The Balaban J connectivity index is 2.23. The summed E-state index contributed by atoms with van der Waals surface area (Å²) >= 11 is 1.40. The van der Waals surface area contributed by atoms with Gasteiger partial charge in [0.05, 0.1) is 12.0 Å². The third-order valence-electron chi connectivity index (χ3n) is 4.41. The van der Waals surface area contributed by atoms with E-state index < -0.39 is 12.5 Å². The molecular formula is C19H20N2O4S. The zero-order valence-electron chi connectivity index (χ0n) is 14.9. The summed E-state index contributed by atoms with van der Waals surface area (Å²) in [4.78, 5) is 29.5. The molecule has 0 aliphatic carbocycles. The summed E-state index contributed by atoms with van der Waals surface area (Å²) in [5.74, 6) is -0.643. The van der Waals surface area contributed by atoms with Crippen molar-refractivity contribution in [3.8, 4) is 11.1 Å². The third kappa shape index (κ3) is 3.40. The van der Waals surface area contributed by atoms with Gasteiger partial charge in [-0.1, -0.05) is 18.2 Å². The third-order valence-corrected chi connectivity index (χ3v) is 5.29. The van der Waals surface area contributed by atoms with E-state index in [-0.39, 0.29) is 5.56 Å². The van der Waals surface area contributed by atoms with Gasteiger partial charge in [0.2, 0.25) is 0 Å². The first kappa shape index (κ1) is 18.3. The molecule has 0 radical (unpaired) electrons. The number of rotatable bonds is 6. The van der Waals surface area contributed by atoms with Crippen LogP contribution in [-0.2, 0) is 22.5 Å². The molecule has 7 heteroatoms. The molecule has 2 heterocycles. The number of benzene rings is 1. The maximum Gasteiger partial charge on any atom is 0.323 e. The predicted molar refractivity (Wildman–Crippen MR) is 102 cm³/mol. The number of hydrogen-bond acceptors (Lipinski definition) is 5. The highest BCUT2D eigenvalue weighted by Crippen LogP contribution is 2.32. The molecule has 0 amide bonds. The summed E-state index contributed by atoms with van der Waals surface area (Å²) in [6.07, 6.45) is 0.381. The van der Waals surface area contributed by atoms with Crippen LogP contribution in [-0.4, -0.2) is 34.3 Å². The summed E-state index contributed by atoms with van der Waals surface area (Å²) < 4.78 is 6.29. The van der Waals surface area contributed by atoms with Crippen molar-refractivity contribution >= 4 is 27.5 Å². The van der Waals surface area contributed by atoms with Crippen LogP contribution in [0.25, 0.3) is 21.3 Å². The molecule has 0 bridgehead atoms. The van der Waals surface area contributed by atoms with Gasteiger partial charge in [0.1, 0.15) is 17.2 Å². The van der Waals surface area contributed by atoms with Crippen LogP contribution in [0.15, 0.2) is 28.4 Å². The van der Waals surface area contributed by atoms with E-state index in [2.05, 4.69) is 4.98 Å². The Morgan fingerprint density at radius 3 is 2.73 bits per heavy atom. The SMILES string of the molecule is COCCc1nc2scc(-c3ccc(C)c(C)c3)c2c(=O)n1CC(=O)O. The number of hydrogen-bond donors (Lipinski definition) is 1. The van der Waals surface area contributed by atoms with Crippen LogP contribution >= 0.6 is 11.3 Å². The Bertz CT molecular complexity index is 1040. The summed E-state index contributed by atoms with van der Waals surface area (Å²) in [6.45, 7) is 4.02. The highest BCUT2D eigenvalue weighted by Gasteiger charge is 2.18. The van der Waals surface area contributed by atoms with E-state index in [0.29, 0.717) is 29.1 Å². The molecule has 3 aromatic rings. The van der Waals surface area contributed by atoms with E-state index in [1.54, 1.807) is 7.11 Å². The predicted octanol–water partition coefficient (Wildman–Crippen LogP) is 3.02. The van der Waals surface area contributed by atoms with Crippen LogP contribution in [0.1, 0.15) is 17.0 Å². The van der Waals surface area contributed by atoms with Crippen LogP contribution in [0.4, 0.5) is 0 Å². The lowest BCUT2D eigenvalue weighted by atomic mass is 10.0. The van der Waals surface area contributed by atoms with Crippen molar-refractivity contribution in [3.63, 3.8) is 0 Å². The number of carboxylic acid groups (broad SMARTS) is 1. The van der Waals surface area contributed by atoms with Crippen molar-refractivity contribution in [3.05, 3.63) is 50.9 Å². The number of nitrogens with zero attached hydrogens (tertiary/aromatic N) is 2. The lowest BCUT2D eigenvalue weighted by molar-refractivity contribution is -0.137. The Labute approximate surface area is 154 Å². The van der Waals surface area contributed by atoms with Crippen molar-refractivity contribution in [1.29, 1.82) is 0 Å². The van der Waals surface area contributed by atoms with E-state index in [0.717, 1.165) is 16.7 Å². The number of carboxylic acids is 1. The molecule has 3 rings (SSSR count). The standard InChI is InChI=1S/C19H20N2O4S/c1-11-4-5-13(8-12(11)2)14-10-26-18-17(14)19(24)21(9-16(22)23)15(20-18)6-7-25-3/h4-5,8,10H,6-7,9H2,1-3H3,(H,22,23). The molecule has 0 unspecified atom stereocenters. The van der Waals surface area contributed by atoms with E-state index in [1.807, 2.05) is 37.4 Å². The topological polar surface area (TPSA) is 81.4 Å². The van der Waals surface area contributed by atoms with Gasteiger partial charge in [0, 0.05) is 24.5 Å². The van der Waals surface area contributed by atoms with E-state index in [1.165, 1.54) is 21.5 Å². The number of methoxy groups -OCH3 is 1. The molecule has 0 fully saturated rings. The average Bonchev–Trinajstić information content (AvgIpc) is 3.02. The number of fused-ring (bicyclic) bond motifs is 1. The molecule has 1 aromatic carbocycles. The number of carbonyl (C=O) groups is 1. The number of aliphatic carboxylic acids is 1. The lowest BCUT2D eigenvalue weighted by Crippen LogP contribution is -2.29. The lowest BCUT2D eigenvalue weighted by Gasteiger charge is -2.11. The molecular weight excluding hydrogens is 352 g/mol. The number of aromatic nitrogens is 2. The summed E-state index contributed by atoms with van der Waals surface area (Å²) in [7, 11) is 1.56. The van der Waals surface area contributed by atoms with Gasteiger partial charge in [0.15, 0.2) is 0 Å². The Kier molecular flexibility index (Phi) is 5.20. The fourth-order valence-corrected chi connectivity index (χ4v) is 3.83. The second-order valence-electron chi connectivity index (χ2n) is 6.18. The highest BCUT2D eigenvalue weighted by atomic mass is 32.1. The summed E-state index contributed by atoms with van der Waals surface area (Å²) in [6, 6.07) is 6.03. The Morgan fingerprint density at radius 2 is 2.08 bits per heavy atom. The highest BCUT2D eigenvalue weighted by molar-refractivity contribution is 7.17. The normalized spacial score (nSPS) is 11.2. The second-order valence-corrected chi connectivity index (χ2v) is 7.04. The van der Waals surface area contributed by atoms with Crippen LogP contribution in [0.5, 0.6) is 0 Å². The number of ether oxygens (including phenoxy) is 1. The first-order chi connectivity index (χ1) is 12.4. The minimum atomic E-state index is -1.07. The van der Waals surface area contributed by atoms with Crippen molar-refractivity contribution in [2.75, 3.05) is 13.7 Å². The molecule has 26 heavy (non-hydrogen) atoms. The van der Waals surface area contributed by atoms with Crippen molar-refractivity contribution in [1.82, 2.24) is 9.55 Å². The summed E-state index contributed by atoms with van der Waals surface area (Å²) in [5.41, 5.74) is 3.72. The molecule has 6 nitrogen and oxygen atoms in total.